The average Bonchev–Trinajstić information content (AvgIpc) is 2.46. The second-order valence-electron chi connectivity index (χ2n) is 3.47. The Morgan fingerprint density at radius 2 is 2.17 bits per heavy atom. The molecule has 6 heteroatoms. The first kappa shape index (κ1) is 11.7. The molecule has 0 aliphatic carbocycles. The first-order valence-electron chi connectivity index (χ1n) is 5.27. The Bertz CT molecular complexity index is 553. The number of pyridine rings is 2. The zero-order chi connectivity index (χ0) is 12.8. The van der Waals surface area contributed by atoms with E-state index in [0.717, 1.165) is 0 Å². The molecule has 0 aliphatic rings. The number of hydrogen-bond donors (Lipinski definition) is 2. The van der Waals surface area contributed by atoms with Gasteiger partial charge in [0.2, 0.25) is 0 Å². The topological polar surface area (TPSA) is 94.5 Å². The van der Waals surface area contributed by atoms with Gasteiger partial charge >= 0.3 is 0 Å². The number of rotatable bonds is 3. The Hall–Kier alpha value is -2.76. The summed E-state index contributed by atoms with van der Waals surface area (Å²) in [5, 5.41) is 3.81. The van der Waals surface area contributed by atoms with E-state index in [1.54, 1.807) is 49.1 Å². The summed E-state index contributed by atoms with van der Waals surface area (Å²) in [5.41, 5.74) is 9.21. The van der Waals surface area contributed by atoms with Crippen LogP contribution in [0.3, 0.4) is 0 Å². The van der Waals surface area contributed by atoms with E-state index in [-0.39, 0.29) is 11.7 Å². The van der Waals surface area contributed by atoms with Crippen LogP contribution in [0.15, 0.2) is 54.2 Å². The molecule has 2 rings (SSSR count). The molecular weight excluding hydrogens is 230 g/mol. The Morgan fingerprint density at radius 1 is 1.33 bits per heavy atom. The molecule has 0 saturated heterocycles. The number of nitrogens with two attached hydrogens (primary N) is 1. The van der Waals surface area contributed by atoms with E-state index < -0.39 is 0 Å². The molecule has 0 radical (unpaired) electrons. The molecule has 0 aromatic carbocycles. The lowest BCUT2D eigenvalue weighted by atomic mass is 10.3. The Morgan fingerprint density at radius 3 is 2.83 bits per heavy atom. The highest BCUT2D eigenvalue weighted by molar-refractivity contribution is 5.99. The molecule has 0 aliphatic heterocycles. The summed E-state index contributed by atoms with van der Waals surface area (Å²) >= 11 is 0. The van der Waals surface area contributed by atoms with Gasteiger partial charge in [0.05, 0.1) is 0 Å². The monoisotopic (exact) mass is 242 g/mol. The number of carbonyl (C=O) groups excluding carboxylic acids is 1. The molecule has 2 heterocycles. The molecule has 4 N–H and O–H groups in total. The standard InChI is InChI=1S/C12H11N5O/c13-11(9-3-1-5-14-7-9)16-17-12(18)10-4-2-6-15-8-10/h1-8H,(H2,13,16)(H,17,18)/p+1. The fourth-order valence-electron chi connectivity index (χ4n) is 1.29. The molecule has 0 saturated carbocycles. The van der Waals surface area contributed by atoms with Crippen LogP contribution in [0.4, 0.5) is 0 Å². The third-order valence-electron chi connectivity index (χ3n) is 2.20. The highest BCUT2D eigenvalue weighted by atomic mass is 16.2. The average molecular weight is 242 g/mol. The molecule has 6 nitrogen and oxygen atoms in total. The number of hydrogen-bond acceptors (Lipinski definition) is 3. The molecule has 1 amide bonds. The van der Waals surface area contributed by atoms with Crippen molar-refractivity contribution in [1.82, 2.24) is 10.4 Å². The van der Waals surface area contributed by atoms with Gasteiger partial charge in [0, 0.05) is 24.0 Å². The Balaban J connectivity index is 2.05. The number of nitrogens with one attached hydrogen (secondary N) is 2. The van der Waals surface area contributed by atoms with Gasteiger partial charge in [-0.25, -0.2) is 10.4 Å². The number of aromatic amines is 1. The molecular formula is C12H12N5O+. The van der Waals surface area contributed by atoms with Crippen LogP contribution in [-0.4, -0.2) is 16.7 Å². The lowest BCUT2D eigenvalue weighted by molar-refractivity contribution is -0.378. The van der Waals surface area contributed by atoms with Gasteiger partial charge in [-0.1, -0.05) is 0 Å². The van der Waals surface area contributed by atoms with Crippen LogP contribution in [0.25, 0.3) is 0 Å². The summed E-state index contributed by atoms with van der Waals surface area (Å²) in [6, 6.07) is 6.89. The third kappa shape index (κ3) is 2.88. The van der Waals surface area contributed by atoms with Crippen molar-refractivity contribution >= 4 is 11.7 Å². The molecule has 0 atom stereocenters. The van der Waals surface area contributed by atoms with E-state index in [4.69, 9.17) is 5.73 Å². The van der Waals surface area contributed by atoms with Crippen molar-refractivity contribution < 1.29 is 9.78 Å². The van der Waals surface area contributed by atoms with Crippen molar-refractivity contribution in [3.05, 3.63) is 60.2 Å². The van der Waals surface area contributed by atoms with Gasteiger partial charge in [-0.3, -0.25) is 9.78 Å². The smallest absolute Gasteiger partial charge is 0.277 e. The summed E-state index contributed by atoms with van der Waals surface area (Å²) in [5.74, 6) is -0.130. The van der Waals surface area contributed by atoms with Crippen LogP contribution < -0.4 is 16.1 Å². The van der Waals surface area contributed by atoms with Gasteiger partial charge in [-0.05, 0) is 18.2 Å². The van der Waals surface area contributed by atoms with E-state index >= 15 is 0 Å². The van der Waals surface area contributed by atoms with Gasteiger partial charge in [0.15, 0.2) is 18.2 Å². The van der Waals surface area contributed by atoms with Crippen LogP contribution >= 0.6 is 0 Å². The predicted octanol–water partition coefficient (Wildman–Crippen LogP) is -0.0540. The Labute approximate surface area is 104 Å². The summed E-state index contributed by atoms with van der Waals surface area (Å²) in [6.07, 6.45) is 6.49. The van der Waals surface area contributed by atoms with E-state index in [2.05, 4.69) is 20.5 Å². The van der Waals surface area contributed by atoms with E-state index in [0.29, 0.717) is 11.1 Å². The minimum absolute atomic E-state index is 0.205. The zero-order valence-corrected chi connectivity index (χ0v) is 9.50. The summed E-state index contributed by atoms with van der Waals surface area (Å²) in [7, 11) is 0. The number of H-pyrrole nitrogens is 1. The number of amidine groups is 1. The predicted molar refractivity (Wildman–Crippen MR) is 65.4 cm³/mol. The zero-order valence-electron chi connectivity index (χ0n) is 9.50. The van der Waals surface area contributed by atoms with Crippen molar-refractivity contribution in [1.29, 1.82) is 0 Å². The number of aromatic nitrogens is 2. The lowest BCUT2D eigenvalue weighted by Gasteiger charge is -2.00. The first-order chi connectivity index (χ1) is 8.77. The third-order valence-corrected chi connectivity index (χ3v) is 2.20. The molecule has 90 valence electrons. The quantitative estimate of drug-likeness (QED) is 0.448. The summed E-state index contributed by atoms with van der Waals surface area (Å²) in [6.45, 7) is 0. The lowest BCUT2D eigenvalue weighted by Crippen LogP contribution is -2.24. The van der Waals surface area contributed by atoms with Crippen LogP contribution in [-0.2, 0) is 0 Å². The maximum Gasteiger partial charge on any atom is 0.277 e. The van der Waals surface area contributed by atoms with Crippen molar-refractivity contribution in [2.45, 2.75) is 0 Å². The first-order valence-corrected chi connectivity index (χ1v) is 5.27. The van der Waals surface area contributed by atoms with Gasteiger partial charge in [-0.2, -0.15) is 5.10 Å². The molecule has 0 fully saturated rings. The second kappa shape index (κ2) is 5.53. The van der Waals surface area contributed by atoms with E-state index in [1.807, 2.05) is 0 Å². The van der Waals surface area contributed by atoms with Crippen LogP contribution in [0.5, 0.6) is 0 Å². The van der Waals surface area contributed by atoms with Gasteiger partial charge in [0.1, 0.15) is 5.56 Å². The maximum absolute atomic E-state index is 11.7. The highest BCUT2D eigenvalue weighted by Crippen LogP contribution is 1.95. The molecule has 2 aromatic heterocycles. The Kier molecular flexibility index (Phi) is 3.60. The van der Waals surface area contributed by atoms with Crippen LogP contribution in [0, 0.1) is 0 Å². The van der Waals surface area contributed by atoms with Crippen molar-refractivity contribution in [2.24, 2.45) is 10.8 Å². The van der Waals surface area contributed by atoms with Gasteiger partial charge < -0.3 is 5.73 Å². The van der Waals surface area contributed by atoms with Gasteiger partial charge in [-0.15, -0.1) is 0 Å². The second-order valence-corrected chi connectivity index (χ2v) is 3.47. The van der Waals surface area contributed by atoms with E-state index in [9.17, 15) is 4.79 Å². The van der Waals surface area contributed by atoms with E-state index in [1.165, 1.54) is 0 Å². The molecule has 0 unspecified atom stereocenters. The number of nitrogens with zero attached hydrogens (tertiary/aromatic N) is 2. The largest absolute Gasteiger partial charge is 0.382 e. The summed E-state index contributed by atoms with van der Waals surface area (Å²) < 4.78 is 0. The number of amides is 1. The van der Waals surface area contributed by atoms with Crippen molar-refractivity contribution in [3.63, 3.8) is 0 Å². The van der Waals surface area contributed by atoms with Crippen LogP contribution in [0.2, 0.25) is 0 Å². The van der Waals surface area contributed by atoms with Crippen molar-refractivity contribution in [2.75, 3.05) is 0 Å². The molecule has 0 spiro atoms. The minimum Gasteiger partial charge on any atom is -0.382 e. The van der Waals surface area contributed by atoms with Crippen molar-refractivity contribution in [3.8, 4) is 0 Å². The fourth-order valence-corrected chi connectivity index (χ4v) is 1.29. The molecule has 2 aromatic rings. The highest BCUT2D eigenvalue weighted by Gasteiger charge is 2.06. The SMILES string of the molecule is NC(=NNC(=O)c1ccc[nH+]c1)c1cccnc1. The normalized spacial score (nSPS) is 11.0. The molecule has 18 heavy (non-hydrogen) atoms. The minimum atomic E-state index is -0.335. The number of hydrazone groups is 1. The van der Waals surface area contributed by atoms with Gasteiger partial charge in [0.25, 0.3) is 5.91 Å². The summed E-state index contributed by atoms with van der Waals surface area (Å²) in [4.78, 5) is 18.4. The fraction of sp³-hybridized carbons (Fsp3) is 0. The number of carbonyl (C=O) groups is 1. The molecule has 0 bridgehead atoms. The maximum atomic E-state index is 11.7. The van der Waals surface area contributed by atoms with Crippen LogP contribution in [0.1, 0.15) is 15.9 Å².